The maximum atomic E-state index is 12.2. The van der Waals surface area contributed by atoms with Crippen molar-refractivity contribution in [3.8, 4) is 17.2 Å². The fourth-order valence-electron chi connectivity index (χ4n) is 4.89. The van der Waals surface area contributed by atoms with Gasteiger partial charge >= 0.3 is 0 Å². The molecule has 0 atom stereocenters. The number of ether oxygens (including phenoxy) is 1. The number of rotatable bonds is 7. The second-order valence-corrected chi connectivity index (χ2v) is 14.8. The average molecular weight is 828 g/mol. The number of halogens is 5. The molecule has 2 N–H and O–H groups in total. The molecule has 0 aliphatic carbocycles. The third-order valence-corrected chi connectivity index (χ3v) is 9.46. The van der Waals surface area contributed by atoms with Crippen LogP contribution in [0.4, 0.5) is 0 Å². The molecule has 6 rings (SSSR count). The van der Waals surface area contributed by atoms with Crippen LogP contribution >= 0.6 is 62.3 Å². The number of aromatic hydroxyl groups is 1. The zero-order valence-electron chi connectivity index (χ0n) is 28.3. The summed E-state index contributed by atoms with van der Waals surface area (Å²) in [5, 5.41) is 17.5. The summed E-state index contributed by atoms with van der Waals surface area (Å²) in [5.41, 5.74) is 1.43. The quantitative estimate of drug-likeness (QED) is 0.157. The molecule has 10 heteroatoms. The lowest BCUT2D eigenvalue weighted by Crippen LogP contribution is -2.29. The second-order valence-electron chi connectivity index (χ2n) is 12.3. The molecule has 264 valence electrons. The van der Waals surface area contributed by atoms with Crippen molar-refractivity contribution < 1.29 is 19.4 Å². The number of fused-ring (bicyclic) bond motifs is 2. The summed E-state index contributed by atoms with van der Waals surface area (Å²) in [6.45, 7) is 8.00. The number of nitrogens with one attached hydrogen (secondary N) is 1. The molecule has 0 bridgehead atoms. The highest BCUT2D eigenvalue weighted by molar-refractivity contribution is 9.10. The van der Waals surface area contributed by atoms with Crippen LogP contribution in [0.2, 0.25) is 20.1 Å². The van der Waals surface area contributed by atoms with Gasteiger partial charge < -0.3 is 15.2 Å². The Morgan fingerprint density at radius 1 is 0.686 bits per heavy atom. The number of amides is 1. The topological polar surface area (TPSA) is 75.6 Å². The average Bonchev–Trinajstić information content (AvgIpc) is 3.08. The van der Waals surface area contributed by atoms with E-state index in [0.717, 1.165) is 31.6 Å². The molecule has 1 amide bonds. The summed E-state index contributed by atoms with van der Waals surface area (Å²) in [6.07, 6.45) is 0.611. The molecule has 0 saturated carbocycles. The molecule has 0 aromatic heterocycles. The number of hydrogen-bond acceptors (Lipinski definition) is 4. The molecule has 5 nitrogen and oxygen atoms in total. The van der Waals surface area contributed by atoms with Gasteiger partial charge in [0, 0.05) is 39.5 Å². The molecular weight excluding hydrogens is 792 g/mol. The molecular formula is C41H36BrCl4NO4. The molecule has 0 saturated heterocycles. The molecule has 0 spiro atoms. The van der Waals surface area contributed by atoms with Gasteiger partial charge in [0.15, 0.2) is 5.78 Å². The predicted octanol–water partition coefficient (Wildman–Crippen LogP) is 13.6. The van der Waals surface area contributed by atoms with Gasteiger partial charge in [-0.3, -0.25) is 9.59 Å². The van der Waals surface area contributed by atoms with E-state index in [-0.39, 0.29) is 23.5 Å². The predicted molar refractivity (Wildman–Crippen MR) is 217 cm³/mol. The van der Waals surface area contributed by atoms with Gasteiger partial charge in [-0.05, 0) is 103 Å². The standard InChI is InChI=1S/C20H17Cl2NO2.C15H15BrO.C6H4Cl2O/c1-12(2)23-20(24)14-6-8-16-13(10-14)4-3-5-19(16)25-15-7-9-17(21)18(22)11-15;1-10(2)8-15(17)12-6-7-13-11(9-12)4-3-5-14(13)16;7-5-2-1-4(9)3-6(5)8/h3-12H,1-2H3,(H,23,24);3-7,9-10H,8H2,1-2H3;1-3,9H. The first-order valence-corrected chi connectivity index (χ1v) is 18.3. The van der Waals surface area contributed by atoms with E-state index in [9.17, 15) is 9.59 Å². The maximum absolute atomic E-state index is 12.2. The number of phenolic OH excluding ortho intramolecular Hbond substituents is 1. The molecule has 6 aromatic rings. The Kier molecular flexibility index (Phi) is 14.6. The van der Waals surface area contributed by atoms with Crippen LogP contribution in [-0.4, -0.2) is 22.8 Å². The Labute approximate surface area is 326 Å². The van der Waals surface area contributed by atoms with Crippen LogP contribution in [0.15, 0.2) is 114 Å². The Morgan fingerprint density at radius 2 is 1.27 bits per heavy atom. The Bertz CT molecular complexity index is 2170. The van der Waals surface area contributed by atoms with E-state index in [0.29, 0.717) is 49.5 Å². The van der Waals surface area contributed by atoms with Gasteiger partial charge in [0.05, 0.1) is 20.1 Å². The Morgan fingerprint density at radius 3 is 1.90 bits per heavy atom. The van der Waals surface area contributed by atoms with Crippen LogP contribution < -0.4 is 10.1 Å². The van der Waals surface area contributed by atoms with Crippen LogP contribution in [0.25, 0.3) is 21.5 Å². The fraction of sp³-hybridized carbons (Fsp3) is 0.171. The number of phenols is 1. The smallest absolute Gasteiger partial charge is 0.251 e. The van der Waals surface area contributed by atoms with Gasteiger partial charge in [-0.15, -0.1) is 0 Å². The highest BCUT2D eigenvalue weighted by Gasteiger charge is 2.11. The Balaban J connectivity index is 0.000000192. The van der Waals surface area contributed by atoms with Crippen molar-refractivity contribution in [3.05, 3.63) is 145 Å². The minimum Gasteiger partial charge on any atom is -0.508 e. The first kappa shape index (κ1) is 40.0. The van der Waals surface area contributed by atoms with E-state index in [1.165, 1.54) is 12.1 Å². The van der Waals surface area contributed by atoms with E-state index in [1.807, 2.05) is 80.6 Å². The molecule has 0 aliphatic rings. The molecule has 6 aromatic carbocycles. The summed E-state index contributed by atoms with van der Waals surface area (Å²) >= 11 is 26.5. The van der Waals surface area contributed by atoms with Gasteiger partial charge in [0.2, 0.25) is 0 Å². The van der Waals surface area contributed by atoms with Crippen LogP contribution in [-0.2, 0) is 0 Å². The lowest BCUT2D eigenvalue weighted by Gasteiger charge is -2.12. The van der Waals surface area contributed by atoms with Gasteiger partial charge in [0.1, 0.15) is 17.2 Å². The van der Waals surface area contributed by atoms with Crippen molar-refractivity contribution in [2.24, 2.45) is 5.92 Å². The maximum Gasteiger partial charge on any atom is 0.251 e. The summed E-state index contributed by atoms with van der Waals surface area (Å²) in [7, 11) is 0. The number of carbonyl (C=O) groups excluding carboxylic acids is 2. The van der Waals surface area contributed by atoms with Gasteiger partial charge in [-0.2, -0.15) is 0 Å². The zero-order valence-corrected chi connectivity index (χ0v) is 32.9. The normalized spacial score (nSPS) is 10.7. The van der Waals surface area contributed by atoms with Crippen LogP contribution in [0.3, 0.4) is 0 Å². The number of carbonyl (C=O) groups is 2. The number of hydrogen-bond donors (Lipinski definition) is 2. The molecule has 0 radical (unpaired) electrons. The zero-order chi connectivity index (χ0) is 37.2. The van der Waals surface area contributed by atoms with Crippen molar-refractivity contribution in [2.75, 3.05) is 0 Å². The van der Waals surface area contributed by atoms with Gasteiger partial charge in [0.25, 0.3) is 5.91 Å². The highest BCUT2D eigenvalue weighted by Crippen LogP contribution is 2.34. The third-order valence-electron chi connectivity index (χ3n) is 7.29. The lowest BCUT2D eigenvalue weighted by atomic mass is 9.99. The first-order chi connectivity index (χ1) is 24.2. The molecule has 0 unspecified atom stereocenters. The number of Topliss-reactive ketones (excluding diaryl/α,β-unsaturated/α-hetero) is 1. The molecule has 51 heavy (non-hydrogen) atoms. The van der Waals surface area contributed by atoms with E-state index >= 15 is 0 Å². The summed E-state index contributed by atoms with van der Waals surface area (Å²) in [4.78, 5) is 24.1. The minimum absolute atomic E-state index is 0.0901. The van der Waals surface area contributed by atoms with Crippen LogP contribution in [0.5, 0.6) is 17.2 Å². The number of benzene rings is 6. The largest absolute Gasteiger partial charge is 0.508 e. The van der Waals surface area contributed by atoms with Crippen molar-refractivity contribution in [2.45, 2.75) is 40.2 Å². The van der Waals surface area contributed by atoms with Crippen molar-refractivity contribution in [1.82, 2.24) is 5.32 Å². The highest BCUT2D eigenvalue weighted by atomic mass is 79.9. The van der Waals surface area contributed by atoms with Crippen LogP contribution in [0, 0.1) is 5.92 Å². The molecule has 0 fully saturated rings. The van der Waals surface area contributed by atoms with Gasteiger partial charge in [-0.1, -0.05) is 113 Å². The third kappa shape index (κ3) is 11.6. The van der Waals surface area contributed by atoms with E-state index < -0.39 is 0 Å². The SMILES string of the molecule is CC(C)CC(=O)c1ccc2c(Br)cccc2c1.CC(C)NC(=O)c1ccc2c(Oc3ccc(Cl)c(Cl)c3)cccc2c1.Oc1ccc(Cl)c(Cl)c1. The van der Waals surface area contributed by atoms with Gasteiger partial charge in [-0.25, -0.2) is 0 Å². The van der Waals surface area contributed by atoms with E-state index in [2.05, 4.69) is 35.1 Å². The molecule has 0 aliphatic heterocycles. The minimum atomic E-state index is -0.0901. The lowest BCUT2D eigenvalue weighted by molar-refractivity contribution is 0.0940. The van der Waals surface area contributed by atoms with E-state index in [1.54, 1.807) is 30.3 Å². The second kappa shape index (κ2) is 18.6. The fourth-order valence-corrected chi connectivity index (χ4v) is 5.98. The van der Waals surface area contributed by atoms with E-state index in [4.69, 9.17) is 56.2 Å². The molecule has 0 heterocycles. The first-order valence-electron chi connectivity index (χ1n) is 16.0. The Hall–Kier alpha value is -3.78. The van der Waals surface area contributed by atoms with Crippen molar-refractivity contribution >= 4 is 95.6 Å². The monoisotopic (exact) mass is 825 g/mol. The van der Waals surface area contributed by atoms with Crippen molar-refractivity contribution in [3.63, 3.8) is 0 Å². The summed E-state index contributed by atoms with van der Waals surface area (Å²) in [6, 6.07) is 32.8. The summed E-state index contributed by atoms with van der Waals surface area (Å²) in [5.74, 6) is 1.95. The number of ketones is 1. The van der Waals surface area contributed by atoms with Crippen molar-refractivity contribution in [1.29, 1.82) is 0 Å². The van der Waals surface area contributed by atoms with Crippen LogP contribution in [0.1, 0.15) is 54.8 Å². The summed E-state index contributed by atoms with van der Waals surface area (Å²) < 4.78 is 7.02.